The Morgan fingerprint density at radius 1 is 1.31 bits per heavy atom. The third-order valence-electron chi connectivity index (χ3n) is 4.27. The summed E-state index contributed by atoms with van der Waals surface area (Å²) in [7, 11) is 1.64. The molecule has 7 nitrogen and oxygen atoms in total. The molecule has 0 unspecified atom stereocenters. The van der Waals surface area contributed by atoms with Gasteiger partial charge in [0, 0.05) is 7.05 Å². The van der Waals surface area contributed by atoms with E-state index in [1.54, 1.807) is 31.3 Å². The quantitative estimate of drug-likeness (QED) is 0.422. The molecule has 3 rings (SSSR count). The number of halogens is 1. The van der Waals surface area contributed by atoms with E-state index in [1.807, 2.05) is 13.0 Å². The number of carboxylic acid groups (broad SMARTS) is 1. The molecule has 1 heterocycles. The molecule has 0 atom stereocenters. The van der Waals surface area contributed by atoms with Crippen molar-refractivity contribution in [1.82, 2.24) is 4.90 Å². The van der Waals surface area contributed by atoms with E-state index in [1.165, 1.54) is 28.8 Å². The second-order valence-corrected chi connectivity index (χ2v) is 8.34. The zero-order valence-corrected chi connectivity index (χ0v) is 19.7. The van der Waals surface area contributed by atoms with Gasteiger partial charge in [0.2, 0.25) is 0 Å². The van der Waals surface area contributed by atoms with Crippen molar-refractivity contribution in [2.75, 3.05) is 20.3 Å². The molecular weight excluding hydrogens is 496 g/mol. The number of likely N-dealkylation sites (N-methyl/N-ethyl adjacent to an activating group) is 1. The normalized spacial score (nSPS) is 15.8. The number of nitrogens with zero attached hydrogens (tertiary/aromatic N) is 2. The van der Waals surface area contributed by atoms with Gasteiger partial charge in [-0.15, -0.1) is 6.42 Å². The number of amidine groups is 1. The summed E-state index contributed by atoms with van der Waals surface area (Å²) in [6.07, 6.45) is 7.03. The molecular formula is C23H19BrN2O5S. The number of aliphatic imine (C=N–C) groups is 1. The Bertz CT molecular complexity index is 1150. The summed E-state index contributed by atoms with van der Waals surface area (Å²) in [4.78, 5) is 30.2. The lowest BCUT2D eigenvalue weighted by Crippen LogP contribution is -2.23. The van der Waals surface area contributed by atoms with Crippen LogP contribution < -0.4 is 9.47 Å². The first kappa shape index (κ1) is 23.4. The summed E-state index contributed by atoms with van der Waals surface area (Å²) in [6.45, 7) is 2.40. The lowest BCUT2D eigenvalue weighted by molar-refractivity contribution is -0.121. The van der Waals surface area contributed by atoms with Crippen molar-refractivity contribution < 1.29 is 24.2 Å². The molecule has 0 aliphatic carbocycles. The van der Waals surface area contributed by atoms with Crippen molar-refractivity contribution in [3.63, 3.8) is 0 Å². The van der Waals surface area contributed by atoms with E-state index < -0.39 is 5.97 Å². The Labute approximate surface area is 198 Å². The molecule has 1 N–H and O–H groups in total. The van der Waals surface area contributed by atoms with Crippen LogP contribution in [0.25, 0.3) is 6.08 Å². The van der Waals surface area contributed by atoms with E-state index in [2.05, 4.69) is 26.8 Å². The minimum atomic E-state index is -1.01. The average Bonchev–Trinajstić information content (AvgIpc) is 3.01. The van der Waals surface area contributed by atoms with E-state index in [0.29, 0.717) is 38.3 Å². The summed E-state index contributed by atoms with van der Waals surface area (Å²) in [5.74, 6) is 2.23. The Morgan fingerprint density at radius 3 is 2.66 bits per heavy atom. The van der Waals surface area contributed by atoms with Gasteiger partial charge in [0.15, 0.2) is 16.7 Å². The zero-order chi connectivity index (χ0) is 23.3. The summed E-state index contributed by atoms with van der Waals surface area (Å²) >= 11 is 4.70. The Kier molecular flexibility index (Phi) is 7.62. The summed E-state index contributed by atoms with van der Waals surface area (Å²) in [5.41, 5.74) is 1.46. The standard InChI is InChI=1S/C23H19BrN2O5S/c1-4-10-31-20-17(24)11-14(12-18(20)30-5-2)13-19-21(27)26(3)23(32-19)25-16-8-6-15(7-9-16)22(28)29/h1,6-9,11-13H,5,10H2,2-3H3,(H,28,29)/b19-13-,25-23?. The SMILES string of the molecule is C#CCOc1c(Br)cc(/C=C2\SC(=Nc3ccc(C(=O)O)cc3)N(C)C2=O)cc1OCC. The van der Waals surface area contributed by atoms with Crippen LogP contribution in [0.5, 0.6) is 11.5 Å². The van der Waals surface area contributed by atoms with Gasteiger partial charge >= 0.3 is 5.97 Å². The van der Waals surface area contributed by atoms with Gasteiger partial charge in [-0.05, 0) is 82.7 Å². The molecule has 1 amide bonds. The van der Waals surface area contributed by atoms with Crippen LogP contribution in [-0.2, 0) is 4.79 Å². The maximum absolute atomic E-state index is 12.7. The smallest absolute Gasteiger partial charge is 0.335 e. The minimum absolute atomic E-state index is 0.103. The summed E-state index contributed by atoms with van der Waals surface area (Å²) < 4.78 is 11.9. The van der Waals surface area contributed by atoms with Crippen LogP contribution in [0, 0.1) is 12.3 Å². The number of ether oxygens (including phenoxy) is 2. The predicted molar refractivity (Wildman–Crippen MR) is 128 cm³/mol. The molecule has 164 valence electrons. The molecule has 0 aromatic heterocycles. The van der Waals surface area contributed by atoms with Gasteiger partial charge in [-0.3, -0.25) is 9.69 Å². The molecule has 0 radical (unpaired) electrons. The summed E-state index contributed by atoms with van der Waals surface area (Å²) in [6, 6.07) is 9.72. The van der Waals surface area contributed by atoms with Crippen molar-refractivity contribution >= 4 is 56.5 Å². The number of carbonyl (C=O) groups excluding carboxylic acids is 1. The van der Waals surface area contributed by atoms with E-state index in [0.717, 1.165) is 5.56 Å². The summed E-state index contributed by atoms with van der Waals surface area (Å²) in [5, 5.41) is 9.50. The van der Waals surface area contributed by atoms with Crippen LogP contribution in [0.3, 0.4) is 0 Å². The number of rotatable bonds is 7. The van der Waals surface area contributed by atoms with Crippen molar-refractivity contribution in [3.05, 3.63) is 56.9 Å². The molecule has 1 saturated heterocycles. The largest absolute Gasteiger partial charge is 0.490 e. The maximum atomic E-state index is 12.7. The molecule has 0 spiro atoms. The van der Waals surface area contributed by atoms with Crippen LogP contribution in [-0.4, -0.2) is 47.3 Å². The molecule has 32 heavy (non-hydrogen) atoms. The van der Waals surface area contributed by atoms with Crippen LogP contribution in [0.1, 0.15) is 22.8 Å². The fourth-order valence-corrected chi connectivity index (χ4v) is 4.34. The van der Waals surface area contributed by atoms with Gasteiger partial charge in [0.05, 0.1) is 27.2 Å². The van der Waals surface area contributed by atoms with Crippen molar-refractivity contribution in [2.24, 2.45) is 4.99 Å². The van der Waals surface area contributed by atoms with E-state index in [4.69, 9.17) is 21.0 Å². The molecule has 1 aliphatic heterocycles. The Balaban J connectivity index is 1.89. The fraction of sp³-hybridized carbons (Fsp3) is 0.174. The van der Waals surface area contributed by atoms with E-state index in [-0.39, 0.29) is 18.1 Å². The maximum Gasteiger partial charge on any atom is 0.335 e. The average molecular weight is 515 g/mol. The van der Waals surface area contributed by atoms with Crippen LogP contribution in [0.4, 0.5) is 5.69 Å². The lowest BCUT2D eigenvalue weighted by atomic mass is 10.2. The number of hydrogen-bond acceptors (Lipinski definition) is 6. The number of carboxylic acids is 1. The number of terminal acetylenes is 1. The predicted octanol–water partition coefficient (Wildman–Crippen LogP) is 4.79. The molecule has 0 saturated carbocycles. The third-order valence-corrected chi connectivity index (χ3v) is 5.92. The third kappa shape index (κ3) is 5.33. The van der Waals surface area contributed by atoms with Gasteiger partial charge in [-0.2, -0.15) is 0 Å². The van der Waals surface area contributed by atoms with Crippen molar-refractivity contribution in [1.29, 1.82) is 0 Å². The number of amides is 1. The first-order chi connectivity index (χ1) is 15.3. The van der Waals surface area contributed by atoms with E-state index in [9.17, 15) is 9.59 Å². The topological polar surface area (TPSA) is 88.4 Å². The van der Waals surface area contributed by atoms with Crippen LogP contribution >= 0.6 is 27.7 Å². The Morgan fingerprint density at radius 2 is 2.03 bits per heavy atom. The molecule has 1 aliphatic rings. The first-order valence-corrected chi connectivity index (χ1v) is 11.1. The second-order valence-electron chi connectivity index (χ2n) is 6.48. The molecule has 1 fully saturated rings. The van der Waals surface area contributed by atoms with Gasteiger partial charge in [-0.1, -0.05) is 5.92 Å². The first-order valence-electron chi connectivity index (χ1n) is 9.46. The minimum Gasteiger partial charge on any atom is -0.490 e. The zero-order valence-electron chi connectivity index (χ0n) is 17.3. The van der Waals surface area contributed by atoms with Crippen molar-refractivity contribution in [2.45, 2.75) is 6.92 Å². The molecule has 9 heteroatoms. The second kappa shape index (κ2) is 10.4. The number of carbonyl (C=O) groups is 2. The number of benzene rings is 2. The van der Waals surface area contributed by atoms with Crippen LogP contribution in [0.2, 0.25) is 0 Å². The number of thioether (sulfide) groups is 1. The molecule has 2 aromatic carbocycles. The number of aromatic carboxylic acids is 1. The fourth-order valence-electron chi connectivity index (χ4n) is 2.78. The lowest BCUT2D eigenvalue weighted by Gasteiger charge is -2.13. The van der Waals surface area contributed by atoms with Crippen LogP contribution in [0.15, 0.2) is 50.8 Å². The highest BCUT2D eigenvalue weighted by molar-refractivity contribution is 9.10. The monoisotopic (exact) mass is 514 g/mol. The van der Waals surface area contributed by atoms with Gasteiger partial charge in [0.1, 0.15) is 6.61 Å². The highest BCUT2D eigenvalue weighted by Gasteiger charge is 2.30. The van der Waals surface area contributed by atoms with Gasteiger partial charge < -0.3 is 14.6 Å². The molecule has 2 aromatic rings. The highest BCUT2D eigenvalue weighted by atomic mass is 79.9. The van der Waals surface area contributed by atoms with Gasteiger partial charge in [0.25, 0.3) is 5.91 Å². The van der Waals surface area contributed by atoms with Crippen molar-refractivity contribution in [3.8, 4) is 23.8 Å². The Hall–Kier alpha value is -3.22. The highest BCUT2D eigenvalue weighted by Crippen LogP contribution is 2.39. The molecule has 0 bridgehead atoms. The van der Waals surface area contributed by atoms with Gasteiger partial charge in [-0.25, -0.2) is 9.79 Å². The van der Waals surface area contributed by atoms with E-state index >= 15 is 0 Å². The number of hydrogen-bond donors (Lipinski definition) is 1.